The summed E-state index contributed by atoms with van der Waals surface area (Å²) in [6.45, 7) is 3.16. The molecule has 4 N–H and O–H groups in total. The Morgan fingerprint density at radius 3 is 2.68 bits per heavy atom. The van der Waals surface area contributed by atoms with E-state index in [1.807, 2.05) is 6.92 Å². The molecule has 1 aliphatic heterocycles. The minimum atomic E-state index is -0.0306. The zero-order valence-corrected chi connectivity index (χ0v) is 11.1. The number of rotatable bonds is 3. The molecule has 0 aliphatic carbocycles. The molecule has 1 saturated heterocycles. The van der Waals surface area contributed by atoms with Gasteiger partial charge in [0.05, 0.1) is 0 Å². The van der Waals surface area contributed by atoms with Crippen LogP contribution in [0.2, 0.25) is 0 Å². The van der Waals surface area contributed by atoms with Gasteiger partial charge in [-0.15, -0.1) is 0 Å². The highest BCUT2D eigenvalue weighted by Gasteiger charge is 2.24. The molecule has 19 heavy (non-hydrogen) atoms. The number of carbonyl (C=O) groups excluding carboxylic acids is 2. The molecule has 2 amide bonds. The predicted octanol–water partition coefficient (Wildman–Crippen LogP) is 0.728. The summed E-state index contributed by atoms with van der Waals surface area (Å²) in [5.74, 6) is 0.0406. The third-order valence-electron chi connectivity index (χ3n) is 3.40. The molecule has 1 aromatic rings. The van der Waals surface area contributed by atoms with Crippen LogP contribution in [0.25, 0.3) is 0 Å². The first-order valence-electron chi connectivity index (χ1n) is 6.62. The highest BCUT2D eigenvalue weighted by atomic mass is 16.2. The van der Waals surface area contributed by atoms with E-state index < -0.39 is 0 Å². The molecule has 0 aromatic carbocycles. The summed E-state index contributed by atoms with van der Waals surface area (Å²) in [6.07, 6.45) is 3.71. The Kier molecular flexibility index (Phi) is 4.09. The number of carbonyl (C=O) groups is 2. The van der Waals surface area contributed by atoms with E-state index in [0.29, 0.717) is 30.9 Å². The summed E-state index contributed by atoms with van der Waals surface area (Å²) in [6, 6.07) is 1.83. The highest BCUT2D eigenvalue weighted by Crippen LogP contribution is 2.15. The van der Waals surface area contributed by atoms with E-state index in [9.17, 15) is 9.59 Å². The van der Waals surface area contributed by atoms with Crippen LogP contribution in [-0.2, 0) is 4.79 Å². The monoisotopic (exact) mass is 264 g/mol. The molecule has 0 radical (unpaired) electrons. The second-order valence-electron chi connectivity index (χ2n) is 4.83. The average molecular weight is 264 g/mol. The van der Waals surface area contributed by atoms with E-state index in [1.165, 1.54) is 0 Å². The summed E-state index contributed by atoms with van der Waals surface area (Å²) in [5.41, 5.74) is 6.67. The van der Waals surface area contributed by atoms with Crippen molar-refractivity contribution in [2.24, 2.45) is 0 Å². The second-order valence-corrected chi connectivity index (χ2v) is 4.83. The third kappa shape index (κ3) is 3.27. The smallest absolute Gasteiger partial charge is 0.270 e. The van der Waals surface area contributed by atoms with Crippen molar-refractivity contribution in [2.45, 2.75) is 32.2 Å². The van der Waals surface area contributed by atoms with Crippen LogP contribution in [0, 0.1) is 0 Å². The van der Waals surface area contributed by atoms with Gasteiger partial charge in [0.2, 0.25) is 5.91 Å². The first-order valence-corrected chi connectivity index (χ1v) is 6.62. The Bertz CT molecular complexity index is 461. The number of nitrogen functional groups attached to an aromatic ring is 1. The van der Waals surface area contributed by atoms with Gasteiger partial charge in [0, 0.05) is 37.4 Å². The average Bonchev–Trinajstić information content (AvgIpc) is 2.85. The predicted molar refractivity (Wildman–Crippen MR) is 72.6 cm³/mol. The molecule has 2 rings (SSSR count). The normalized spacial score (nSPS) is 16.4. The number of nitrogens with zero attached hydrogens (tertiary/aromatic N) is 1. The molecule has 2 heterocycles. The Balaban J connectivity index is 1.86. The van der Waals surface area contributed by atoms with Gasteiger partial charge in [0.25, 0.3) is 5.91 Å². The maximum Gasteiger partial charge on any atom is 0.270 e. The lowest BCUT2D eigenvalue weighted by atomic mass is 10.0. The fraction of sp³-hybridized carbons (Fsp3) is 0.538. The number of hydrogen-bond acceptors (Lipinski definition) is 3. The molecule has 6 heteroatoms. The van der Waals surface area contributed by atoms with Crippen molar-refractivity contribution >= 4 is 17.5 Å². The van der Waals surface area contributed by atoms with Gasteiger partial charge in [-0.2, -0.15) is 0 Å². The fourth-order valence-electron chi connectivity index (χ4n) is 2.26. The van der Waals surface area contributed by atoms with E-state index in [0.717, 1.165) is 12.8 Å². The molecule has 104 valence electrons. The molecule has 1 aliphatic rings. The first kappa shape index (κ1) is 13.5. The zero-order chi connectivity index (χ0) is 13.8. The molecule has 0 spiro atoms. The van der Waals surface area contributed by atoms with Crippen molar-refractivity contribution in [3.8, 4) is 0 Å². The van der Waals surface area contributed by atoms with Gasteiger partial charge in [0.1, 0.15) is 5.69 Å². The van der Waals surface area contributed by atoms with Crippen LogP contribution in [-0.4, -0.2) is 40.8 Å². The standard InChI is InChI=1S/C13H20N4O2/c1-2-12(18)16-10-3-5-17(6-4-10)13(19)11-7-9(14)8-15-11/h7-8,10,15H,2-6,14H2,1H3,(H,16,18). The van der Waals surface area contributed by atoms with Gasteiger partial charge in [-0.3, -0.25) is 9.59 Å². The SMILES string of the molecule is CCC(=O)NC1CCN(C(=O)c2cc(N)c[nH]2)CC1. The van der Waals surface area contributed by atoms with Crippen molar-refractivity contribution in [3.05, 3.63) is 18.0 Å². The number of aromatic amines is 1. The van der Waals surface area contributed by atoms with E-state index in [1.54, 1.807) is 17.2 Å². The lowest BCUT2D eigenvalue weighted by Gasteiger charge is -2.32. The van der Waals surface area contributed by atoms with Crippen LogP contribution in [0.3, 0.4) is 0 Å². The summed E-state index contributed by atoms with van der Waals surface area (Å²) in [7, 11) is 0. The molecule has 0 saturated carbocycles. The van der Waals surface area contributed by atoms with Crippen LogP contribution in [0.5, 0.6) is 0 Å². The van der Waals surface area contributed by atoms with Gasteiger partial charge in [-0.25, -0.2) is 0 Å². The lowest BCUT2D eigenvalue weighted by Crippen LogP contribution is -2.46. The third-order valence-corrected chi connectivity index (χ3v) is 3.40. The zero-order valence-electron chi connectivity index (χ0n) is 11.1. The van der Waals surface area contributed by atoms with Crippen LogP contribution < -0.4 is 11.1 Å². The molecular formula is C13H20N4O2. The number of piperidine rings is 1. The number of amides is 2. The Morgan fingerprint density at radius 2 is 2.16 bits per heavy atom. The quantitative estimate of drug-likeness (QED) is 0.751. The highest BCUT2D eigenvalue weighted by molar-refractivity contribution is 5.93. The minimum absolute atomic E-state index is 0.0306. The number of anilines is 1. The van der Waals surface area contributed by atoms with Crippen molar-refractivity contribution in [2.75, 3.05) is 18.8 Å². The van der Waals surface area contributed by atoms with E-state index >= 15 is 0 Å². The van der Waals surface area contributed by atoms with E-state index in [-0.39, 0.29) is 17.9 Å². The summed E-state index contributed by atoms with van der Waals surface area (Å²) < 4.78 is 0. The first-order chi connectivity index (χ1) is 9.10. The van der Waals surface area contributed by atoms with Crippen LogP contribution >= 0.6 is 0 Å². The van der Waals surface area contributed by atoms with Crippen LogP contribution in [0.4, 0.5) is 5.69 Å². The molecule has 0 unspecified atom stereocenters. The topological polar surface area (TPSA) is 91.2 Å². The number of hydrogen-bond donors (Lipinski definition) is 3. The Hall–Kier alpha value is -1.98. The maximum absolute atomic E-state index is 12.1. The van der Waals surface area contributed by atoms with Crippen LogP contribution in [0.1, 0.15) is 36.7 Å². The molecule has 1 aromatic heterocycles. The maximum atomic E-state index is 12.1. The second kappa shape index (κ2) is 5.77. The number of H-pyrrole nitrogens is 1. The summed E-state index contributed by atoms with van der Waals surface area (Å²) >= 11 is 0. The fourth-order valence-corrected chi connectivity index (χ4v) is 2.26. The number of likely N-dealkylation sites (tertiary alicyclic amines) is 1. The summed E-state index contributed by atoms with van der Waals surface area (Å²) in [5, 5.41) is 2.97. The molecular weight excluding hydrogens is 244 g/mol. The van der Waals surface area contributed by atoms with Gasteiger partial charge in [-0.1, -0.05) is 6.92 Å². The Labute approximate surface area is 112 Å². The molecule has 0 atom stereocenters. The number of nitrogens with two attached hydrogens (primary N) is 1. The van der Waals surface area contributed by atoms with Gasteiger partial charge in [0.15, 0.2) is 0 Å². The number of aromatic nitrogens is 1. The molecule has 0 bridgehead atoms. The van der Waals surface area contributed by atoms with Gasteiger partial charge >= 0.3 is 0 Å². The van der Waals surface area contributed by atoms with Crippen molar-refractivity contribution < 1.29 is 9.59 Å². The molecule has 1 fully saturated rings. The largest absolute Gasteiger partial charge is 0.397 e. The van der Waals surface area contributed by atoms with Crippen molar-refractivity contribution in [3.63, 3.8) is 0 Å². The van der Waals surface area contributed by atoms with E-state index in [4.69, 9.17) is 5.73 Å². The van der Waals surface area contributed by atoms with Gasteiger partial charge < -0.3 is 20.9 Å². The van der Waals surface area contributed by atoms with Crippen LogP contribution in [0.15, 0.2) is 12.3 Å². The Morgan fingerprint density at radius 1 is 1.47 bits per heavy atom. The van der Waals surface area contributed by atoms with Crippen molar-refractivity contribution in [1.82, 2.24) is 15.2 Å². The van der Waals surface area contributed by atoms with E-state index in [2.05, 4.69) is 10.3 Å². The molecule has 6 nitrogen and oxygen atoms in total. The van der Waals surface area contributed by atoms with Gasteiger partial charge in [-0.05, 0) is 18.9 Å². The number of nitrogens with one attached hydrogen (secondary N) is 2. The minimum Gasteiger partial charge on any atom is -0.397 e. The lowest BCUT2D eigenvalue weighted by molar-refractivity contribution is -0.121. The summed E-state index contributed by atoms with van der Waals surface area (Å²) in [4.78, 5) is 28.1. The van der Waals surface area contributed by atoms with Crippen molar-refractivity contribution in [1.29, 1.82) is 0 Å².